The third-order valence-corrected chi connectivity index (χ3v) is 3.36. The number of nitrogens with zero attached hydrogens (tertiary/aromatic N) is 1. The average Bonchev–Trinajstić information content (AvgIpc) is 2.53. The summed E-state index contributed by atoms with van der Waals surface area (Å²) in [5, 5.41) is 14.7. The van der Waals surface area contributed by atoms with Crippen LogP contribution in [0.4, 0.5) is 0 Å². The highest BCUT2D eigenvalue weighted by Gasteiger charge is 2.26. The van der Waals surface area contributed by atoms with Crippen molar-refractivity contribution < 1.29 is 14.7 Å². The van der Waals surface area contributed by atoms with E-state index in [1.165, 1.54) is 0 Å². The first-order valence-electron chi connectivity index (χ1n) is 6.63. The van der Waals surface area contributed by atoms with Crippen molar-refractivity contribution in [3.63, 3.8) is 0 Å². The Bertz CT molecular complexity index is 470. The Balaban J connectivity index is 2.10. The van der Waals surface area contributed by atoms with Gasteiger partial charge in [0.25, 0.3) is 0 Å². The summed E-state index contributed by atoms with van der Waals surface area (Å²) in [7, 11) is 0. The van der Waals surface area contributed by atoms with Gasteiger partial charge >= 0.3 is 0 Å². The van der Waals surface area contributed by atoms with Crippen molar-refractivity contribution in [3.05, 3.63) is 35.9 Å². The molecule has 1 fully saturated rings. The minimum absolute atomic E-state index is 0.0405. The van der Waals surface area contributed by atoms with Crippen LogP contribution in [0.25, 0.3) is 0 Å². The van der Waals surface area contributed by atoms with E-state index in [1.807, 2.05) is 30.3 Å². The number of hydrogen-bond donors (Lipinski definition) is 3. The van der Waals surface area contributed by atoms with Gasteiger partial charge in [-0.15, -0.1) is 0 Å². The largest absolute Gasteiger partial charge is 0.409 e. The lowest BCUT2D eigenvalue weighted by atomic mass is 9.99. The van der Waals surface area contributed by atoms with Gasteiger partial charge in [-0.2, -0.15) is 0 Å². The fourth-order valence-electron chi connectivity index (χ4n) is 2.24. The molecule has 1 amide bonds. The second-order valence-electron chi connectivity index (χ2n) is 4.79. The number of rotatable bonds is 4. The van der Waals surface area contributed by atoms with Gasteiger partial charge in [0, 0.05) is 6.61 Å². The number of ether oxygens (including phenoxy) is 1. The van der Waals surface area contributed by atoms with E-state index >= 15 is 0 Å². The Labute approximate surface area is 117 Å². The molecular weight excluding hydrogens is 258 g/mol. The maximum Gasteiger partial charge on any atom is 0.226 e. The number of amidine groups is 1. The van der Waals surface area contributed by atoms with Gasteiger partial charge in [0.2, 0.25) is 5.91 Å². The highest BCUT2D eigenvalue weighted by Crippen LogP contribution is 2.17. The fourth-order valence-corrected chi connectivity index (χ4v) is 2.24. The Morgan fingerprint density at radius 2 is 2.20 bits per heavy atom. The lowest BCUT2D eigenvalue weighted by Gasteiger charge is -2.24. The molecule has 0 bridgehead atoms. The molecule has 1 aliphatic heterocycles. The van der Waals surface area contributed by atoms with E-state index in [2.05, 4.69) is 10.5 Å². The zero-order valence-corrected chi connectivity index (χ0v) is 11.2. The molecule has 6 heteroatoms. The number of hydrogen-bond acceptors (Lipinski definition) is 4. The minimum Gasteiger partial charge on any atom is -0.409 e. The van der Waals surface area contributed by atoms with Crippen molar-refractivity contribution in [2.24, 2.45) is 16.8 Å². The van der Waals surface area contributed by atoms with Gasteiger partial charge in [-0.25, -0.2) is 0 Å². The third kappa shape index (κ3) is 3.48. The summed E-state index contributed by atoms with van der Waals surface area (Å²) >= 11 is 0. The first-order chi connectivity index (χ1) is 9.72. The maximum absolute atomic E-state index is 12.2. The van der Waals surface area contributed by atoms with Gasteiger partial charge in [-0.05, 0) is 18.4 Å². The number of benzene rings is 1. The molecule has 20 heavy (non-hydrogen) atoms. The number of carbonyl (C=O) groups excluding carboxylic acids is 1. The standard InChI is InChI=1S/C14H19N3O3/c15-13(17-19)12(10-5-2-1-3-6-10)16-14(18)11-7-4-8-20-9-11/h1-3,5-6,11-12,19H,4,7-9H2,(H2,15,17)(H,16,18). The van der Waals surface area contributed by atoms with Crippen molar-refractivity contribution >= 4 is 11.7 Å². The molecule has 1 saturated heterocycles. The quantitative estimate of drug-likeness (QED) is 0.331. The Hall–Kier alpha value is -2.08. The van der Waals surface area contributed by atoms with Gasteiger partial charge < -0.3 is 21.0 Å². The van der Waals surface area contributed by atoms with Crippen LogP contribution in [0.3, 0.4) is 0 Å². The first kappa shape index (κ1) is 14.3. The number of nitrogens with one attached hydrogen (secondary N) is 1. The van der Waals surface area contributed by atoms with E-state index in [0.29, 0.717) is 13.2 Å². The van der Waals surface area contributed by atoms with E-state index in [1.54, 1.807) is 0 Å². The fraction of sp³-hybridized carbons (Fsp3) is 0.429. The van der Waals surface area contributed by atoms with Crippen molar-refractivity contribution in [2.45, 2.75) is 18.9 Å². The van der Waals surface area contributed by atoms with Gasteiger partial charge in [0.1, 0.15) is 6.04 Å². The molecule has 0 radical (unpaired) electrons. The second kappa shape index (κ2) is 6.91. The van der Waals surface area contributed by atoms with Gasteiger partial charge in [-0.3, -0.25) is 4.79 Å². The minimum atomic E-state index is -0.629. The molecule has 2 atom stereocenters. The van der Waals surface area contributed by atoms with Crippen LogP contribution in [0.15, 0.2) is 35.5 Å². The maximum atomic E-state index is 12.2. The molecule has 0 spiro atoms. The summed E-state index contributed by atoms with van der Waals surface area (Å²) in [6.07, 6.45) is 1.67. The summed E-state index contributed by atoms with van der Waals surface area (Å²) in [6, 6.07) is 8.55. The average molecular weight is 277 g/mol. The second-order valence-corrected chi connectivity index (χ2v) is 4.79. The molecule has 6 nitrogen and oxygen atoms in total. The Morgan fingerprint density at radius 1 is 1.45 bits per heavy atom. The highest BCUT2D eigenvalue weighted by molar-refractivity contribution is 5.91. The molecule has 2 unspecified atom stereocenters. The van der Waals surface area contributed by atoms with Crippen LogP contribution in [0, 0.1) is 5.92 Å². The predicted molar refractivity (Wildman–Crippen MR) is 74.3 cm³/mol. The van der Waals surface area contributed by atoms with E-state index in [-0.39, 0.29) is 17.7 Å². The molecule has 108 valence electrons. The normalized spacial score (nSPS) is 21.2. The smallest absolute Gasteiger partial charge is 0.226 e. The summed E-state index contributed by atoms with van der Waals surface area (Å²) in [5.74, 6) is -0.354. The summed E-state index contributed by atoms with van der Waals surface area (Å²) in [5.41, 5.74) is 6.45. The van der Waals surface area contributed by atoms with Crippen LogP contribution in [-0.4, -0.2) is 30.2 Å². The van der Waals surface area contributed by atoms with Crippen LogP contribution >= 0.6 is 0 Å². The monoisotopic (exact) mass is 277 g/mol. The van der Waals surface area contributed by atoms with Crippen molar-refractivity contribution in [2.75, 3.05) is 13.2 Å². The van der Waals surface area contributed by atoms with Crippen molar-refractivity contribution in [3.8, 4) is 0 Å². The topological polar surface area (TPSA) is 96.9 Å². The number of nitrogens with two attached hydrogens (primary N) is 1. The lowest BCUT2D eigenvalue weighted by molar-refractivity contribution is -0.129. The van der Waals surface area contributed by atoms with Crippen LogP contribution in [0.1, 0.15) is 24.4 Å². The molecule has 0 aromatic heterocycles. The Morgan fingerprint density at radius 3 is 2.80 bits per heavy atom. The van der Waals surface area contributed by atoms with E-state index in [0.717, 1.165) is 18.4 Å². The lowest BCUT2D eigenvalue weighted by Crippen LogP contribution is -2.42. The van der Waals surface area contributed by atoms with E-state index in [4.69, 9.17) is 15.7 Å². The van der Waals surface area contributed by atoms with Gasteiger partial charge in [-0.1, -0.05) is 35.5 Å². The number of carbonyl (C=O) groups is 1. The van der Waals surface area contributed by atoms with Crippen LogP contribution in [-0.2, 0) is 9.53 Å². The van der Waals surface area contributed by atoms with Gasteiger partial charge in [0.05, 0.1) is 12.5 Å². The molecule has 1 heterocycles. The molecular formula is C14H19N3O3. The third-order valence-electron chi connectivity index (χ3n) is 3.36. The molecule has 2 rings (SSSR count). The van der Waals surface area contributed by atoms with Crippen LogP contribution < -0.4 is 11.1 Å². The van der Waals surface area contributed by atoms with Crippen molar-refractivity contribution in [1.29, 1.82) is 0 Å². The molecule has 1 aromatic carbocycles. The van der Waals surface area contributed by atoms with Gasteiger partial charge in [0.15, 0.2) is 5.84 Å². The Kier molecular flexibility index (Phi) is 4.95. The van der Waals surface area contributed by atoms with E-state index in [9.17, 15) is 4.79 Å². The summed E-state index contributed by atoms with van der Waals surface area (Å²) in [4.78, 5) is 12.2. The number of amides is 1. The van der Waals surface area contributed by atoms with Crippen LogP contribution in [0.5, 0.6) is 0 Å². The number of oxime groups is 1. The SMILES string of the molecule is NC(=NO)C(NC(=O)C1CCCOC1)c1ccccc1. The first-order valence-corrected chi connectivity index (χ1v) is 6.63. The molecule has 0 aliphatic carbocycles. The summed E-state index contributed by atoms with van der Waals surface area (Å²) in [6.45, 7) is 1.12. The van der Waals surface area contributed by atoms with E-state index < -0.39 is 6.04 Å². The molecule has 4 N–H and O–H groups in total. The van der Waals surface area contributed by atoms with Crippen molar-refractivity contribution in [1.82, 2.24) is 5.32 Å². The van der Waals surface area contributed by atoms with Crippen LogP contribution in [0.2, 0.25) is 0 Å². The zero-order valence-electron chi connectivity index (χ0n) is 11.2. The molecule has 0 saturated carbocycles. The molecule has 1 aromatic rings. The predicted octanol–water partition coefficient (Wildman–Crippen LogP) is 1.02. The summed E-state index contributed by atoms with van der Waals surface area (Å²) < 4.78 is 5.31. The highest BCUT2D eigenvalue weighted by atomic mass is 16.5. The zero-order chi connectivity index (χ0) is 14.4. The molecule has 1 aliphatic rings.